The van der Waals surface area contributed by atoms with Crippen molar-refractivity contribution in [2.75, 3.05) is 6.61 Å². The quantitative estimate of drug-likeness (QED) is 0.110. The van der Waals surface area contributed by atoms with Gasteiger partial charge in [0, 0.05) is 6.42 Å². The first kappa shape index (κ1) is 28.2. The molecular weight excluding hydrogens is 436 g/mol. The number of carbonyl (C=O) groups is 7. The van der Waals surface area contributed by atoms with Crippen LogP contribution in [0.4, 0.5) is 0 Å². The Morgan fingerprint density at radius 1 is 0.719 bits per heavy atom. The highest BCUT2D eigenvalue weighted by Crippen LogP contribution is 2.02. The highest BCUT2D eigenvalue weighted by molar-refractivity contribution is 5.97. The third kappa shape index (κ3) is 10.8. The van der Waals surface area contributed by atoms with Crippen LogP contribution in [0.3, 0.4) is 0 Å². The number of nitrogens with two attached hydrogens (primary N) is 3. The standard InChI is InChI=1S/C16H26N6O10/c17-6(5-23)13(28)21-8(3-11(19)25)14(29)22-9(4-12(26)27)15(30)20-7(16(31)32)1-2-10(18)24/h6-9,23H,1-5,17H2,(H2,18,24)(H2,19,25)(H,20,30)(H,21,28)(H,22,29)(H,26,27)(H,31,32). The van der Waals surface area contributed by atoms with Crippen LogP contribution in [-0.2, 0) is 33.6 Å². The van der Waals surface area contributed by atoms with E-state index >= 15 is 0 Å². The summed E-state index contributed by atoms with van der Waals surface area (Å²) in [5.41, 5.74) is 15.3. The van der Waals surface area contributed by atoms with E-state index in [1.54, 1.807) is 0 Å². The number of primary amides is 2. The molecule has 0 radical (unpaired) electrons. The number of nitrogens with one attached hydrogen (secondary N) is 3. The van der Waals surface area contributed by atoms with Gasteiger partial charge in [-0.25, -0.2) is 4.79 Å². The average Bonchev–Trinajstić information content (AvgIpc) is 2.67. The van der Waals surface area contributed by atoms with Gasteiger partial charge in [-0.2, -0.15) is 0 Å². The first-order valence-electron chi connectivity index (χ1n) is 9.07. The third-order valence-electron chi connectivity index (χ3n) is 3.88. The number of aliphatic hydroxyl groups excluding tert-OH is 1. The zero-order chi connectivity index (χ0) is 25.0. The minimum Gasteiger partial charge on any atom is -0.481 e. The number of carboxylic acids is 2. The molecule has 0 aliphatic rings. The minimum atomic E-state index is -1.82. The molecule has 0 aliphatic carbocycles. The van der Waals surface area contributed by atoms with Gasteiger partial charge in [0.1, 0.15) is 24.2 Å². The number of carbonyl (C=O) groups excluding carboxylic acids is 5. The lowest BCUT2D eigenvalue weighted by Gasteiger charge is -2.23. The highest BCUT2D eigenvalue weighted by Gasteiger charge is 2.32. The van der Waals surface area contributed by atoms with Crippen LogP contribution in [0.2, 0.25) is 0 Å². The van der Waals surface area contributed by atoms with Gasteiger partial charge in [-0.1, -0.05) is 0 Å². The predicted molar refractivity (Wildman–Crippen MR) is 103 cm³/mol. The van der Waals surface area contributed by atoms with Crippen molar-refractivity contribution in [2.45, 2.75) is 49.9 Å². The van der Waals surface area contributed by atoms with Crippen molar-refractivity contribution >= 4 is 41.5 Å². The molecule has 0 aromatic carbocycles. The van der Waals surface area contributed by atoms with Crippen molar-refractivity contribution in [1.29, 1.82) is 0 Å². The maximum Gasteiger partial charge on any atom is 0.326 e. The Morgan fingerprint density at radius 3 is 1.59 bits per heavy atom. The molecule has 0 rings (SSSR count). The Bertz CT molecular complexity index is 758. The van der Waals surface area contributed by atoms with Gasteiger partial charge in [-0.15, -0.1) is 0 Å². The summed E-state index contributed by atoms with van der Waals surface area (Å²) in [4.78, 5) is 81.1. The Hall–Kier alpha value is -3.79. The van der Waals surface area contributed by atoms with Crippen molar-refractivity contribution in [2.24, 2.45) is 17.2 Å². The molecule has 0 spiro atoms. The fraction of sp³-hybridized carbons (Fsp3) is 0.562. The normalized spacial score (nSPS) is 14.2. The maximum atomic E-state index is 12.5. The van der Waals surface area contributed by atoms with Crippen LogP contribution in [0.15, 0.2) is 0 Å². The van der Waals surface area contributed by atoms with Crippen LogP contribution < -0.4 is 33.2 Å². The van der Waals surface area contributed by atoms with Gasteiger partial charge < -0.3 is 48.5 Å². The summed E-state index contributed by atoms with van der Waals surface area (Å²) in [6, 6.07) is -6.56. The van der Waals surface area contributed by atoms with Crippen LogP contribution >= 0.6 is 0 Å². The number of carboxylic acid groups (broad SMARTS) is 2. The number of hydrogen-bond donors (Lipinski definition) is 9. The smallest absolute Gasteiger partial charge is 0.326 e. The van der Waals surface area contributed by atoms with Gasteiger partial charge in [-0.3, -0.25) is 28.8 Å². The lowest BCUT2D eigenvalue weighted by Crippen LogP contribution is -2.58. The molecule has 4 atom stereocenters. The topological polar surface area (TPSA) is 294 Å². The van der Waals surface area contributed by atoms with E-state index in [1.807, 2.05) is 16.0 Å². The number of amides is 5. The zero-order valence-corrected chi connectivity index (χ0v) is 16.8. The van der Waals surface area contributed by atoms with E-state index in [2.05, 4.69) is 0 Å². The predicted octanol–water partition coefficient (Wildman–Crippen LogP) is -5.54. The van der Waals surface area contributed by atoms with E-state index < -0.39 is 97.9 Å². The summed E-state index contributed by atoms with van der Waals surface area (Å²) in [5.74, 6) is -8.44. The number of aliphatic carboxylic acids is 2. The largest absolute Gasteiger partial charge is 0.481 e. The van der Waals surface area contributed by atoms with Gasteiger partial charge >= 0.3 is 11.9 Å². The second kappa shape index (κ2) is 13.5. The van der Waals surface area contributed by atoms with Crippen LogP contribution in [0.25, 0.3) is 0 Å². The molecule has 0 aliphatic heterocycles. The molecule has 0 fully saturated rings. The SMILES string of the molecule is NC(=O)CCC(NC(=O)C(CC(=O)O)NC(=O)C(CC(N)=O)NC(=O)C(N)CO)C(=O)O. The van der Waals surface area contributed by atoms with E-state index in [0.717, 1.165) is 0 Å². The zero-order valence-electron chi connectivity index (χ0n) is 16.8. The fourth-order valence-electron chi connectivity index (χ4n) is 2.24. The van der Waals surface area contributed by atoms with Crippen molar-refractivity contribution in [3.8, 4) is 0 Å². The molecule has 0 saturated carbocycles. The van der Waals surface area contributed by atoms with Gasteiger partial charge in [0.05, 0.1) is 19.4 Å². The summed E-state index contributed by atoms with van der Waals surface area (Å²) < 4.78 is 0. The van der Waals surface area contributed by atoms with Gasteiger partial charge in [0.25, 0.3) is 0 Å². The molecule has 180 valence electrons. The van der Waals surface area contributed by atoms with Crippen LogP contribution in [0, 0.1) is 0 Å². The Labute approximate surface area is 180 Å². The van der Waals surface area contributed by atoms with Crippen molar-refractivity contribution in [3.05, 3.63) is 0 Å². The minimum absolute atomic E-state index is 0.398. The van der Waals surface area contributed by atoms with Crippen molar-refractivity contribution < 1.29 is 48.9 Å². The third-order valence-corrected chi connectivity index (χ3v) is 3.88. The van der Waals surface area contributed by atoms with Crippen molar-refractivity contribution in [1.82, 2.24) is 16.0 Å². The lowest BCUT2D eigenvalue weighted by atomic mass is 10.1. The highest BCUT2D eigenvalue weighted by atomic mass is 16.4. The number of hydrogen-bond acceptors (Lipinski definition) is 9. The molecule has 0 heterocycles. The molecular formula is C16H26N6O10. The summed E-state index contributed by atoms with van der Waals surface area (Å²) in [6.07, 6.45) is -2.55. The van der Waals surface area contributed by atoms with E-state index in [4.69, 9.17) is 32.5 Å². The molecule has 0 aromatic heterocycles. The summed E-state index contributed by atoms with van der Waals surface area (Å²) in [5, 5.41) is 33.0. The molecule has 12 N–H and O–H groups in total. The second-order valence-corrected chi connectivity index (χ2v) is 6.58. The Kier molecular flexibility index (Phi) is 11.9. The van der Waals surface area contributed by atoms with E-state index in [1.165, 1.54) is 0 Å². The molecule has 5 amide bonds. The van der Waals surface area contributed by atoms with Gasteiger partial charge in [0.2, 0.25) is 29.5 Å². The van der Waals surface area contributed by atoms with Crippen molar-refractivity contribution in [3.63, 3.8) is 0 Å². The molecule has 0 saturated heterocycles. The average molecular weight is 462 g/mol. The van der Waals surface area contributed by atoms with Crippen LogP contribution in [0.1, 0.15) is 25.7 Å². The number of rotatable bonds is 15. The Balaban J connectivity index is 5.51. The number of aliphatic hydroxyl groups is 1. The van der Waals surface area contributed by atoms with E-state index in [9.17, 15) is 33.6 Å². The Morgan fingerprint density at radius 2 is 1.19 bits per heavy atom. The monoisotopic (exact) mass is 462 g/mol. The summed E-state index contributed by atoms with van der Waals surface area (Å²) in [7, 11) is 0. The molecule has 4 unspecified atom stereocenters. The summed E-state index contributed by atoms with van der Waals surface area (Å²) >= 11 is 0. The van der Waals surface area contributed by atoms with Gasteiger partial charge in [-0.05, 0) is 6.42 Å². The summed E-state index contributed by atoms with van der Waals surface area (Å²) in [6.45, 7) is -0.789. The lowest BCUT2D eigenvalue weighted by molar-refractivity contribution is -0.144. The molecule has 0 bridgehead atoms. The molecule has 16 nitrogen and oxygen atoms in total. The first-order chi connectivity index (χ1) is 14.8. The van der Waals surface area contributed by atoms with Crippen LogP contribution in [-0.4, -0.2) is 87.6 Å². The first-order valence-corrected chi connectivity index (χ1v) is 9.07. The van der Waals surface area contributed by atoms with E-state index in [-0.39, 0.29) is 0 Å². The fourth-order valence-corrected chi connectivity index (χ4v) is 2.24. The van der Waals surface area contributed by atoms with Gasteiger partial charge in [0.15, 0.2) is 0 Å². The van der Waals surface area contributed by atoms with Crippen LogP contribution in [0.5, 0.6) is 0 Å². The molecule has 16 heteroatoms. The van der Waals surface area contributed by atoms with E-state index in [0.29, 0.717) is 0 Å². The molecule has 0 aromatic rings. The maximum absolute atomic E-state index is 12.5. The second-order valence-electron chi connectivity index (χ2n) is 6.58. The molecule has 32 heavy (non-hydrogen) atoms.